The average molecular weight is 302 g/mol. The van der Waals surface area contributed by atoms with Gasteiger partial charge in [0.2, 0.25) is 0 Å². The molecule has 1 aliphatic rings. The van der Waals surface area contributed by atoms with Gasteiger partial charge in [0.25, 0.3) is 0 Å². The minimum atomic E-state index is 0.661. The Bertz CT molecular complexity index is 224. The Labute approximate surface area is 130 Å². The van der Waals surface area contributed by atoms with Gasteiger partial charge < -0.3 is 19.5 Å². The van der Waals surface area contributed by atoms with Crippen molar-refractivity contribution >= 4 is 0 Å². The first-order valence-corrected chi connectivity index (χ1v) is 8.56. The van der Waals surface area contributed by atoms with Gasteiger partial charge in [-0.1, -0.05) is 20.3 Å². The number of hydrogen-bond acceptors (Lipinski definition) is 5. The predicted molar refractivity (Wildman–Crippen MR) is 85.9 cm³/mol. The summed E-state index contributed by atoms with van der Waals surface area (Å²) in [7, 11) is 0. The second kappa shape index (κ2) is 13.5. The van der Waals surface area contributed by atoms with E-state index in [-0.39, 0.29) is 0 Å². The zero-order valence-electron chi connectivity index (χ0n) is 13.9. The molecule has 0 radical (unpaired) electrons. The van der Waals surface area contributed by atoms with Crippen LogP contribution in [0.2, 0.25) is 0 Å². The van der Waals surface area contributed by atoms with Gasteiger partial charge in [0.05, 0.1) is 33.0 Å². The first-order chi connectivity index (χ1) is 10.4. The zero-order valence-corrected chi connectivity index (χ0v) is 13.9. The Morgan fingerprint density at radius 3 is 2.19 bits per heavy atom. The fourth-order valence-corrected chi connectivity index (χ4v) is 2.52. The van der Waals surface area contributed by atoms with Gasteiger partial charge in [-0.25, -0.2) is 0 Å². The van der Waals surface area contributed by atoms with Gasteiger partial charge in [-0.2, -0.15) is 0 Å². The van der Waals surface area contributed by atoms with E-state index in [0.29, 0.717) is 32.5 Å². The van der Waals surface area contributed by atoms with E-state index in [0.717, 1.165) is 45.8 Å². The first kappa shape index (κ1) is 18.8. The van der Waals surface area contributed by atoms with Crippen molar-refractivity contribution in [1.29, 1.82) is 0 Å². The van der Waals surface area contributed by atoms with Gasteiger partial charge in [0, 0.05) is 25.7 Å². The van der Waals surface area contributed by atoms with E-state index in [9.17, 15) is 0 Å². The second-order valence-electron chi connectivity index (χ2n) is 5.47. The summed E-state index contributed by atoms with van der Waals surface area (Å²) in [4.78, 5) is 2.50. The Hall–Kier alpha value is -0.200. The summed E-state index contributed by atoms with van der Waals surface area (Å²) in [6, 6.07) is 0.690. The molecule has 0 saturated carbocycles. The lowest BCUT2D eigenvalue weighted by Crippen LogP contribution is -2.39. The fraction of sp³-hybridized carbons (Fsp3) is 1.00. The number of nitrogens with one attached hydrogen (secondary N) is 1. The molecule has 0 aromatic rings. The molecule has 1 fully saturated rings. The van der Waals surface area contributed by atoms with Crippen LogP contribution < -0.4 is 5.32 Å². The van der Waals surface area contributed by atoms with Crippen molar-refractivity contribution in [3.8, 4) is 0 Å². The molecule has 0 aromatic carbocycles. The molecule has 0 amide bonds. The van der Waals surface area contributed by atoms with E-state index in [1.54, 1.807) is 0 Å². The number of unbranched alkanes of at least 4 members (excludes halogenated alkanes) is 1. The minimum Gasteiger partial charge on any atom is -0.379 e. The van der Waals surface area contributed by atoms with E-state index in [2.05, 4.69) is 24.1 Å². The van der Waals surface area contributed by atoms with Crippen LogP contribution in [0, 0.1) is 0 Å². The molecule has 0 aliphatic carbocycles. The molecule has 1 rings (SSSR count). The molecule has 1 saturated heterocycles. The SMILES string of the molecule is CCCCOCCOCCOCCN(CC)C1CCNC1. The van der Waals surface area contributed by atoms with Gasteiger partial charge in [0.15, 0.2) is 0 Å². The van der Waals surface area contributed by atoms with E-state index in [1.807, 2.05) is 0 Å². The second-order valence-corrected chi connectivity index (χ2v) is 5.47. The lowest BCUT2D eigenvalue weighted by molar-refractivity contribution is 0.00869. The molecular formula is C16H34N2O3. The molecular weight excluding hydrogens is 268 g/mol. The Morgan fingerprint density at radius 1 is 0.952 bits per heavy atom. The van der Waals surface area contributed by atoms with Crippen LogP contribution in [-0.4, -0.2) is 76.8 Å². The van der Waals surface area contributed by atoms with Gasteiger partial charge in [0.1, 0.15) is 0 Å². The molecule has 1 N–H and O–H groups in total. The maximum atomic E-state index is 5.64. The molecule has 5 nitrogen and oxygen atoms in total. The molecule has 0 bridgehead atoms. The molecule has 21 heavy (non-hydrogen) atoms. The van der Waals surface area contributed by atoms with Crippen molar-refractivity contribution in [3.05, 3.63) is 0 Å². The monoisotopic (exact) mass is 302 g/mol. The van der Waals surface area contributed by atoms with Crippen LogP contribution in [0.15, 0.2) is 0 Å². The Morgan fingerprint density at radius 2 is 1.62 bits per heavy atom. The highest BCUT2D eigenvalue weighted by Crippen LogP contribution is 2.07. The molecule has 126 valence electrons. The number of hydrogen-bond donors (Lipinski definition) is 1. The number of ether oxygens (including phenoxy) is 3. The van der Waals surface area contributed by atoms with Crippen molar-refractivity contribution in [2.24, 2.45) is 0 Å². The van der Waals surface area contributed by atoms with Crippen LogP contribution in [0.5, 0.6) is 0 Å². The lowest BCUT2D eigenvalue weighted by Gasteiger charge is -2.26. The van der Waals surface area contributed by atoms with E-state index >= 15 is 0 Å². The highest BCUT2D eigenvalue weighted by Gasteiger charge is 2.20. The third-order valence-corrected chi connectivity index (χ3v) is 3.87. The van der Waals surface area contributed by atoms with Crippen LogP contribution in [0.25, 0.3) is 0 Å². The molecule has 1 aliphatic heterocycles. The quantitative estimate of drug-likeness (QED) is 0.493. The lowest BCUT2D eigenvalue weighted by atomic mass is 10.2. The van der Waals surface area contributed by atoms with Crippen LogP contribution in [0.4, 0.5) is 0 Å². The molecule has 0 spiro atoms. The molecule has 0 aromatic heterocycles. The van der Waals surface area contributed by atoms with Gasteiger partial charge in [-0.3, -0.25) is 4.90 Å². The smallest absolute Gasteiger partial charge is 0.0701 e. The van der Waals surface area contributed by atoms with Crippen molar-refractivity contribution < 1.29 is 14.2 Å². The Kier molecular flexibility index (Phi) is 12.1. The summed E-state index contributed by atoms with van der Waals surface area (Å²) in [6.45, 7) is 13.1. The van der Waals surface area contributed by atoms with Crippen LogP contribution in [0.1, 0.15) is 33.1 Å². The van der Waals surface area contributed by atoms with Crippen molar-refractivity contribution in [2.45, 2.75) is 39.2 Å². The summed E-state index contributed by atoms with van der Waals surface area (Å²) in [6.07, 6.45) is 3.57. The third-order valence-electron chi connectivity index (χ3n) is 3.87. The van der Waals surface area contributed by atoms with Crippen molar-refractivity contribution in [2.75, 3.05) is 65.8 Å². The maximum Gasteiger partial charge on any atom is 0.0701 e. The van der Waals surface area contributed by atoms with E-state index in [1.165, 1.54) is 12.8 Å². The highest BCUT2D eigenvalue weighted by molar-refractivity contribution is 4.79. The summed E-state index contributed by atoms with van der Waals surface area (Å²) < 4.78 is 16.5. The Balaban J connectivity index is 1.83. The first-order valence-electron chi connectivity index (χ1n) is 8.56. The maximum absolute atomic E-state index is 5.64. The van der Waals surface area contributed by atoms with Crippen LogP contribution in [-0.2, 0) is 14.2 Å². The van der Waals surface area contributed by atoms with Crippen molar-refractivity contribution in [1.82, 2.24) is 10.2 Å². The summed E-state index contributed by atoms with van der Waals surface area (Å²) in [5, 5.41) is 3.42. The number of likely N-dealkylation sites (N-methyl/N-ethyl adjacent to an activating group) is 1. The van der Waals surface area contributed by atoms with Gasteiger partial charge in [-0.05, 0) is 25.9 Å². The number of rotatable bonds is 14. The third kappa shape index (κ3) is 9.42. The summed E-state index contributed by atoms with van der Waals surface area (Å²) in [5.41, 5.74) is 0. The predicted octanol–water partition coefficient (Wildman–Crippen LogP) is 1.52. The molecule has 5 heteroatoms. The van der Waals surface area contributed by atoms with Crippen LogP contribution in [0.3, 0.4) is 0 Å². The molecule has 1 heterocycles. The molecule has 1 atom stereocenters. The fourth-order valence-electron chi connectivity index (χ4n) is 2.52. The van der Waals surface area contributed by atoms with Gasteiger partial charge in [-0.15, -0.1) is 0 Å². The van der Waals surface area contributed by atoms with Crippen molar-refractivity contribution in [3.63, 3.8) is 0 Å². The topological polar surface area (TPSA) is 43.0 Å². The number of nitrogens with zero attached hydrogens (tertiary/aromatic N) is 1. The van der Waals surface area contributed by atoms with Crippen LogP contribution >= 0.6 is 0 Å². The molecule has 1 unspecified atom stereocenters. The van der Waals surface area contributed by atoms with E-state index in [4.69, 9.17) is 14.2 Å². The van der Waals surface area contributed by atoms with E-state index < -0.39 is 0 Å². The largest absolute Gasteiger partial charge is 0.379 e. The highest BCUT2D eigenvalue weighted by atomic mass is 16.5. The standard InChI is InChI=1S/C16H34N2O3/c1-3-5-9-19-11-13-21-14-12-20-10-8-18(4-2)16-6-7-17-15-16/h16-17H,3-15H2,1-2H3. The normalized spacial score (nSPS) is 18.7. The summed E-state index contributed by atoms with van der Waals surface area (Å²) in [5.74, 6) is 0. The summed E-state index contributed by atoms with van der Waals surface area (Å²) >= 11 is 0. The minimum absolute atomic E-state index is 0.661. The van der Waals surface area contributed by atoms with Gasteiger partial charge >= 0.3 is 0 Å². The average Bonchev–Trinajstić information content (AvgIpc) is 3.03. The zero-order chi connectivity index (χ0) is 15.2.